The Morgan fingerprint density at radius 3 is 2.43 bits per heavy atom. The van der Waals surface area contributed by atoms with Crippen LogP contribution in [0.3, 0.4) is 0 Å². The fourth-order valence-corrected chi connectivity index (χ4v) is 3.75. The zero-order valence-electron chi connectivity index (χ0n) is 14.0. The van der Waals surface area contributed by atoms with Crippen molar-refractivity contribution in [3.05, 3.63) is 35.4 Å². The lowest BCUT2D eigenvalue weighted by atomic mass is 9.82. The lowest BCUT2D eigenvalue weighted by molar-refractivity contribution is 0.375. The summed E-state index contributed by atoms with van der Waals surface area (Å²) in [6.45, 7) is 6.88. The predicted octanol–water partition coefficient (Wildman–Crippen LogP) is 5.30. The van der Waals surface area contributed by atoms with E-state index in [1.807, 2.05) is 0 Å². The zero-order valence-corrected chi connectivity index (χ0v) is 14.0. The molecular formula is C20H33N. The van der Waals surface area contributed by atoms with E-state index in [9.17, 15) is 0 Å². The van der Waals surface area contributed by atoms with E-state index in [0.717, 1.165) is 11.8 Å². The van der Waals surface area contributed by atoms with Crippen LogP contribution in [-0.4, -0.2) is 13.1 Å². The fourth-order valence-electron chi connectivity index (χ4n) is 3.75. The largest absolute Gasteiger partial charge is 0.316 e. The molecule has 0 bridgehead atoms. The summed E-state index contributed by atoms with van der Waals surface area (Å²) in [5, 5.41) is 3.66. The van der Waals surface area contributed by atoms with E-state index >= 15 is 0 Å². The van der Waals surface area contributed by atoms with Crippen LogP contribution in [0.5, 0.6) is 0 Å². The van der Waals surface area contributed by atoms with E-state index in [-0.39, 0.29) is 0 Å². The third-order valence-corrected chi connectivity index (χ3v) is 4.94. The summed E-state index contributed by atoms with van der Waals surface area (Å²) in [4.78, 5) is 0. The van der Waals surface area contributed by atoms with Crippen molar-refractivity contribution in [3.63, 3.8) is 0 Å². The molecular weight excluding hydrogens is 254 g/mol. The number of nitrogens with one attached hydrogen (secondary N) is 1. The summed E-state index contributed by atoms with van der Waals surface area (Å²) in [6, 6.07) is 9.54. The van der Waals surface area contributed by atoms with Crippen LogP contribution >= 0.6 is 0 Å². The first-order valence-corrected chi connectivity index (χ1v) is 9.14. The fraction of sp³-hybridized carbons (Fsp3) is 0.700. The highest BCUT2D eigenvalue weighted by atomic mass is 14.9. The number of aryl methyl sites for hydroxylation is 1. The van der Waals surface area contributed by atoms with Crippen molar-refractivity contribution in [1.82, 2.24) is 5.32 Å². The molecule has 0 spiro atoms. The molecule has 2 atom stereocenters. The van der Waals surface area contributed by atoms with Crippen LogP contribution in [0, 0.1) is 5.92 Å². The van der Waals surface area contributed by atoms with Crippen LogP contribution in [-0.2, 0) is 6.42 Å². The zero-order chi connectivity index (χ0) is 14.9. The van der Waals surface area contributed by atoms with Gasteiger partial charge in [-0.15, -0.1) is 0 Å². The first kappa shape index (κ1) is 16.5. The van der Waals surface area contributed by atoms with Crippen LogP contribution in [0.4, 0.5) is 0 Å². The van der Waals surface area contributed by atoms with Crippen molar-refractivity contribution in [3.8, 4) is 0 Å². The monoisotopic (exact) mass is 287 g/mol. The average molecular weight is 287 g/mol. The Kier molecular flexibility index (Phi) is 7.29. The van der Waals surface area contributed by atoms with Crippen molar-refractivity contribution in [1.29, 1.82) is 0 Å². The third kappa shape index (κ3) is 5.14. The van der Waals surface area contributed by atoms with Crippen molar-refractivity contribution in [2.24, 2.45) is 5.92 Å². The van der Waals surface area contributed by atoms with Crippen molar-refractivity contribution < 1.29 is 0 Å². The van der Waals surface area contributed by atoms with Gasteiger partial charge >= 0.3 is 0 Å². The SMILES string of the molecule is CCCNCC1CCCCCC1c1ccc(CCC)cc1. The van der Waals surface area contributed by atoms with Gasteiger partial charge in [-0.2, -0.15) is 0 Å². The summed E-state index contributed by atoms with van der Waals surface area (Å²) in [7, 11) is 0. The second-order valence-electron chi connectivity index (χ2n) is 6.70. The molecule has 0 heterocycles. The maximum Gasteiger partial charge on any atom is -0.00147 e. The van der Waals surface area contributed by atoms with E-state index in [1.165, 1.54) is 70.0 Å². The van der Waals surface area contributed by atoms with Gasteiger partial charge < -0.3 is 5.32 Å². The molecule has 1 nitrogen and oxygen atoms in total. The van der Waals surface area contributed by atoms with Crippen molar-refractivity contribution in [2.75, 3.05) is 13.1 Å². The molecule has 0 aliphatic heterocycles. The lowest BCUT2D eigenvalue weighted by Crippen LogP contribution is -2.27. The van der Waals surface area contributed by atoms with Gasteiger partial charge in [-0.1, -0.05) is 63.8 Å². The summed E-state index contributed by atoms with van der Waals surface area (Å²) in [5.74, 6) is 1.60. The molecule has 0 aromatic heterocycles. The minimum atomic E-state index is 0.771. The standard InChI is InChI=1S/C20H33N/c1-3-8-17-11-13-18(14-12-17)20-10-7-5-6-9-19(20)16-21-15-4-2/h11-14,19-21H,3-10,15-16H2,1-2H3. The molecule has 1 aliphatic rings. The number of hydrogen-bond donors (Lipinski definition) is 1. The van der Waals surface area contributed by atoms with Gasteiger partial charge in [-0.05, 0) is 61.7 Å². The Balaban J connectivity index is 2.04. The van der Waals surface area contributed by atoms with Gasteiger partial charge in [0.25, 0.3) is 0 Å². The molecule has 118 valence electrons. The first-order valence-electron chi connectivity index (χ1n) is 9.14. The number of benzene rings is 1. The Labute approximate surface area is 131 Å². The lowest BCUT2D eigenvalue weighted by Gasteiger charge is -2.26. The molecule has 1 aliphatic carbocycles. The summed E-state index contributed by atoms with van der Waals surface area (Å²) in [5.41, 5.74) is 3.08. The molecule has 0 saturated heterocycles. The summed E-state index contributed by atoms with van der Waals surface area (Å²) < 4.78 is 0. The van der Waals surface area contributed by atoms with Crippen molar-refractivity contribution in [2.45, 2.75) is 71.1 Å². The molecule has 1 saturated carbocycles. The van der Waals surface area contributed by atoms with Gasteiger partial charge in [0.15, 0.2) is 0 Å². The second kappa shape index (κ2) is 9.25. The summed E-state index contributed by atoms with van der Waals surface area (Å²) in [6.07, 6.45) is 10.7. The molecule has 0 amide bonds. The van der Waals surface area contributed by atoms with Gasteiger partial charge in [0.05, 0.1) is 0 Å². The number of rotatable bonds is 7. The third-order valence-electron chi connectivity index (χ3n) is 4.94. The molecule has 1 aromatic carbocycles. The van der Waals surface area contributed by atoms with Gasteiger partial charge in [-0.3, -0.25) is 0 Å². The van der Waals surface area contributed by atoms with E-state index < -0.39 is 0 Å². The van der Waals surface area contributed by atoms with Gasteiger partial charge in [0.1, 0.15) is 0 Å². The average Bonchev–Trinajstić information content (AvgIpc) is 2.74. The van der Waals surface area contributed by atoms with Crippen molar-refractivity contribution >= 4 is 0 Å². The van der Waals surface area contributed by atoms with Crippen LogP contribution in [0.25, 0.3) is 0 Å². The second-order valence-corrected chi connectivity index (χ2v) is 6.70. The van der Waals surface area contributed by atoms with Crippen LogP contribution < -0.4 is 5.32 Å². The topological polar surface area (TPSA) is 12.0 Å². The van der Waals surface area contributed by atoms with Crippen LogP contribution in [0.2, 0.25) is 0 Å². The van der Waals surface area contributed by atoms with E-state index in [0.29, 0.717) is 0 Å². The number of hydrogen-bond acceptors (Lipinski definition) is 1. The maximum atomic E-state index is 3.66. The molecule has 1 aromatic rings. The minimum absolute atomic E-state index is 0.771. The highest BCUT2D eigenvalue weighted by molar-refractivity contribution is 5.26. The van der Waals surface area contributed by atoms with E-state index in [2.05, 4.69) is 43.4 Å². The minimum Gasteiger partial charge on any atom is -0.316 e. The molecule has 0 radical (unpaired) electrons. The van der Waals surface area contributed by atoms with Crippen LogP contribution in [0.15, 0.2) is 24.3 Å². The Morgan fingerprint density at radius 1 is 0.952 bits per heavy atom. The Hall–Kier alpha value is -0.820. The van der Waals surface area contributed by atoms with Gasteiger partial charge in [-0.25, -0.2) is 0 Å². The quantitative estimate of drug-likeness (QED) is 0.530. The molecule has 21 heavy (non-hydrogen) atoms. The molecule has 1 fully saturated rings. The predicted molar refractivity (Wildman–Crippen MR) is 92.9 cm³/mol. The van der Waals surface area contributed by atoms with Gasteiger partial charge in [0, 0.05) is 0 Å². The Morgan fingerprint density at radius 2 is 1.71 bits per heavy atom. The highest BCUT2D eigenvalue weighted by Crippen LogP contribution is 2.36. The van der Waals surface area contributed by atoms with Crippen LogP contribution in [0.1, 0.15) is 75.8 Å². The summed E-state index contributed by atoms with van der Waals surface area (Å²) >= 11 is 0. The smallest absolute Gasteiger partial charge is 0.00147 e. The molecule has 2 unspecified atom stereocenters. The van der Waals surface area contributed by atoms with E-state index in [1.54, 1.807) is 5.56 Å². The Bertz CT molecular complexity index is 381. The molecule has 1 N–H and O–H groups in total. The highest BCUT2D eigenvalue weighted by Gasteiger charge is 2.24. The first-order chi connectivity index (χ1) is 10.3. The van der Waals surface area contributed by atoms with Gasteiger partial charge in [0.2, 0.25) is 0 Å². The maximum absolute atomic E-state index is 3.66. The van der Waals surface area contributed by atoms with E-state index in [4.69, 9.17) is 0 Å². The normalized spacial score (nSPS) is 23.0. The molecule has 1 heteroatoms. The molecule has 2 rings (SSSR count).